The third-order valence-electron chi connectivity index (χ3n) is 3.04. The van der Waals surface area contributed by atoms with Crippen molar-refractivity contribution in [1.82, 2.24) is 0 Å². The molecule has 1 N–H and O–H groups in total. The summed E-state index contributed by atoms with van der Waals surface area (Å²) in [5.74, 6) is 5.80. The molecule has 0 aliphatic heterocycles. The largest absolute Gasteiger partial charge is 0 e. The zero-order valence-corrected chi connectivity index (χ0v) is 20.9. The molecular formula is C24H24Co2O9. The summed E-state index contributed by atoms with van der Waals surface area (Å²) in [5.41, 5.74) is 0.577. The predicted molar refractivity (Wildman–Crippen MR) is 107 cm³/mol. The van der Waals surface area contributed by atoms with Crippen molar-refractivity contribution in [2.24, 2.45) is 0 Å². The van der Waals surface area contributed by atoms with Crippen LogP contribution in [0.4, 0.5) is 0 Å². The van der Waals surface area contributed by atoms with E-state index < -0.39 is 0 Å². The normalized spacial score (nSPS) is 7.14. The molecule has 9 nitrogen and oxygen atoms in total. The zero-order chi connectivity index (χ0) is 27.3. The first kappa shape index (κ1) is 53.8. The third-order valence-corrected chi connectivity index (χ3v) is 3.04. The second-order valence-corrected chi connectivity index (χ2v) is 4.94. The summed E-state index contributed by atoms with van der Waals surface area (Å²) in [7, 11) is 0. The predicted octanol–water partition coefficient (Wildman–Crippen LogP) is 3.34. The van der Waals surface area contributed by atoms with Crippen molar-refractivity contribution in [1.29, 1.82) is 0 Å². The fourth-order valence-corrected chi connectivity index (χ4v) is 1.88. The summed E-state index contributed by atoms with van der Waals surface area (Å²) in [5, 5.41) is 9.53. The maximum atomic E-state index is 11.6. The van der Waals surface area contributed by atoms with E-state index in [-0.39, 0.29) is 45.6 Å². The summed E-state index contributed by atoms with van der Waals surface area (Å²) in [6.45, 7) is 29.5. The summed E-state index contributed by atoms with van der Waals surface area (Å²) < 4.78 is 50.2. The SMILES string of the molecule is CCC[C@H](O)CCC#CCCCOC(=O)c1ccccc1.[C-]#[O+].[C-]#[O+].[C-]#[O+].[C-]#[O+].[C-]#[O+].[C-]#[O+].[Co].[Co]. The van der Waals surface area contributed by atoms with Crippen molar-refractivity contribution >= 4 is 5.97 Å². The molecule has 0 fully saturated rings. The van der Waals surface area contributed by atoms with Gasteiger partial charge in [-0.25, -0.2) is 4.79 Å². The molecule has 35 heavy (non-hydrogen) atoms. The Kier molecular flexibility index (Phi) is 97.6. The standard InChI is InChI=1S/C18H24O3.6CO.2Co/c1-2-11-17(19)14-9-4-3-5-10-15-21-18(20)16-12-7-6-8-13-16;6*1-2;;/h6-8,12-13,17,19H,2,5,9-11,14-15H2,1H3;;;;;;;;/t17-;;;;;;;;/m0......../s1. The first-order valence-electron chi connectivity index (χ1n) is 8.82. The molecule has 1 rings (SSSR count). The minimum atomic E-state index is -0.286. The second kappa shape index (κ2) is 63.4. The van der Waals surface area contributed by atoms with E-state index >= 15 is 0 Å². The third kappa shape index (κ3) is 49.8. The number of hydrogen-bond acceptors (Lipinski definition) is 3. The van der Waals surface area contributed by atoms with Gasteiger partial charge in [-0.1, -0.05) is 31.5 Å². The first-order chi connectivity index (χ1) is 16.2. The maximum Gasteiger partial charge on any atom is 0 e. The molecule has 0 saturated heterocycles. The van der Waals surface area contributed by atoms with E-state index in [9.17, 15) is 9.90 Å². The van der Waals surface area contributed by atoms with Crippen LogP contribution in [0.2, 0.25) is 0 Å². The number of aliphatic hydroxyl groups is 1. The molecule has 192 valence electrons. The van der Waals surface area contributed by atoms with E-state index in [2.05, 4.69) is 58.7 Å². The summed E-state index contributed by atoms with van der Waals surface area (Å²) in [6, 6.07) is 8.97. The van der Waals surface area contributed by atoms with Crippen LogP contribution in [0.15, 0.2) is 30.3 Å². The van der Waals surface area contributed by atoms with Gasteiger partial charge in [-0.05, 0) is 31.4 Å². The summed E-state index contributed by atoms with van der Waals surface area (Å²) in [4.78, 5) is 11.6. The minimum Gasteiger partial charge on any atom is 0 e. The Hall–Kier alpha value is -2.34. The van der Waals surface area contributed by atoms with Gasteiger partial charge in [-0.3, -0.25) is 0 Å². The van der Waals surface area contributed by atoms with Crippen LogP contribution in [0.1, 0.15) is 55.8 Å². The average Bonchev–Trinajstić information content (AvgIpc) is 2.93. The Bertz CT molecular complexity index is 666. The van der Waals surface area contributed by atoms with Crippen molar-refractivity contribution < 1.29 is 76.1 Å². The van der Waals surface area contributed by atoms with Crippen molar-refractivity contribution in [3.63, 3.8) is 0 Å². The van der Waals surface area contributed by atoms with Gasteiger partial charge in [0.05, 0.1) is 18.3 Å². The number of benzene rings is 1. The van der Waals surface area contributed by atoms with Crippen molar-refractivity contribution in [2.75, 3.05) is 6.61 Å². The van der Waals surface area contributed by atoms with E-state index in [1.165, 1.54) is 0 Å². The van der Waals surface area contributed by atoms with E-state index in [0.29, 0.717) is 18.6 Å². The molecule has 0 spiro atoms. The molecule has 1 aromatic carbocycles. The van der Waals surface area contributed by atoms with Gasteiger partial charge in [0.1, 0.15) is 0 Å². The van der Waals surface area contributed by atoms with Gasteiger partial charge in [0.15, 0.2) is 0 Å². The molecule has 11 heteroatoms. The quantitative estimate of drug-likeness (QED) is 0.166. The van der Waals surface area contributed by atoms with Gasteiger partial charge in [-0.2, -0.15) is 0 Å². The summed E-state index contributed by atoms with van der Waals surface area (Å²) in [6.07, 6.45) is 4.54. The monoisotopic (exact) mass is 574 g/mol. The number of aliphatic hydroxyl groups excluding tert-OH is 1. The Morgan fingerprint density at radius 1 is 0.829 bits per heavy atom. The van der Waals surface area contributed by atoms with E-state index in [4.69, 9.17) is 32.6 Å². The topological polar surface area (TPSA) is 166 Å². The molecule has 1 atom stereocenters. The Labute approximate surface area is 227 Å². The molecule has 2 radical (unpaired) electrons. The van der Waals surface area contributed by atoms with E-state index in [0.717, 1.165) is 32.1 Å². The fraction of sp³-hybridized carbons (Fsp3) is 0.375. The number of rotatable bonds is 8. The van der Waals surface area contributed by atoms with Gasteiger partial charge < -0.3 is 9.84 Å². The van der Waals surface area contributed by atoms with Crippen LogP contribution in [0, 0.1) is 51.7 Å². The second-order valence-electron chi connectivity index (χ2n) is 4.94. The maximum absolute atomic E-state index is 11.6. The van der Waals surface area contributed by atoms with Gasteiger partial charge in [0.2, 0.25) is 0 Å². The molecule has 0 heterocycles. The molecule has 0 amide bonds. The van der Waals surface area contributed by atoms with Gasteiger partial charge in [0, 0.05) is 46.4 Å². The molecule has 0 saturated carbocycles. The Balaban J connectivity index is -0.0000000757. The molecule has 0 aromatic heterocycles. The zero-order valence-electron chi connectivity index (χ0n) is 18.8. The number of carbonyl (C=O) groups is 1. The molecule has 1 aromatic rings. The van der Waals surface area contributed by atoms with Crippen molar-refractivity contribution in [2.45, 2.75) is 51.6 Å². The van der Waals surface area contributed by atoms with Crippen molar-refractivity contribution in [3.8, 4) is 11.8 Å². The smallest absolute Gasteiger partial charge is 0 e. The van der Waals surface area contributed by atoms with Gasteiger partial charge in [0.25, 0.3) is 0 Å². The number of esters is 1. The molecule has 0 bridgehead atoms. The van der Waals surface area contributed by atoms with E-state index in [1.807, 2.05) is 18.2 Å². The average molecular weight is 574 g/mol. The minimum absolute atomic E-state index is 0. The van der Waals surface area contributed by atoms with Crippen LogP contribution in [-0.2, 0) is 66.2 Å². The Morgan fingerprint density at radius 2 is 1.26 bits per heavy atom. The molecule has 0 aliphatic carbocycles. The fourth-order valence-electron chi connectivity index (χ4n) is 1.88. The first-order valence-corrected chi connectivity index (χ1v) is 8.82. The molecule has 0 unspecified atom stereocenters. The van der Waals surface area contributed by atoms with Crippen LogP contribution in [0.3, 0.4) is 0 Å². The van der Waals surface area contributed by atoms with E-state index in [1.54, 1.807) is 12.1 Å². The number of unbranched alkanes of at least 4 members (excludes halogenated alkanes) is 1. The van der Waals surface area contributed by atoms with Crippen molar-refractivity contribution in [3.05, 3.63) is 75.8 Å². The van der Waals surface area contributed by atoms with Gasteiger partial charge in [-0.15, -0.1) is 11.8 Å². The number of hydrogen-bond donors (Lipinski definition) is 1. The van der Waals surface area contributed by atoms with Crippen LogP contribution in [0.5, 0.6) is 0 Å². The number of ether oxygens (including phenoxy) is 1. The molecule has 0 aliphatic rings. The Morgan fingerprint density at radius 3 is 1.69 bits per heavy atom. The molecular weight excluding hydrogens is 550 g/mol. The van der Waals surface area contributed by atoms with Crippen LogP contribution >= 0.6 is 0 Å². The number of carbonyl (C=O) groups excluding carboxylic acids is 1. The van der Waals surface area contributed by atoms with Crippen LogP contribution in [0.25, 0.3) is 0 Å². The summed E-state index contributed by atoms with van der Waals surface area (Å²) >= 11 is 0. The van der Waals surface area contributed by atoms with Crippen LogP contribution < -0.4 is 0 Å². The van der Waals surface area contributed by atoms with Crippen LogP contribution in [-0.4, -0.2) is 23.8 Å². The van der Waals surface area contributed by atoms with Gasteiger partial charge >= 0.3 is 73.8 Å².